The molecule has 4 rings (SSSR count). The number of oxime groups is 2. The molecule has 1 aliphatic carbocycles. The van der Waals surface area contributed by atoms with Gasteiger partial charge in [-0.1, -0.05) is 16.4 Å². The van der Waals surface area contributed by atoms with E-state index in [0.717, 1.165) is 71.5 Å². The van der Waals surface area contributed by atoms with Crippen LogP contribution in [-0.4, -0.2) is 49.3 Å². The molecule has 0 saturated heterocycles. The quantitative estimate of drug-likeness (QED) is 0.245. The molecule has 0 radical (unpaired) electrons. The summed E-state index contributed by atoms with van der Waals surface area (Å²) in [6.45, 7) is 4.52. The number of pyridine rings is 2. The maximum atomic E-state index is 5.73. The van der Waals surface area contributed by atoms with Crippen LogP contribution in [-0.2, 0) is 22.5 Å². The number of rotatable bonds is 9. The fourth-order valence-corrected chi connectivity index (χ4v) is 4.42. The number of benzene rings is 1. The number of aryl methyl sites for hydroxylation is 2. The first-order valence-corrected chi connectivity index (χ1v) is 11.8. The summed E-state index contributed by atoms with van der Waals surface area (Å²) in [4.78, 5) is 20.2. The molecule has 0 bridgehead atoms. The fraction of sp³-hybridized carbons (Fsp3) is 0.407. The molecule has 0 unspecified atom stereocenters. The molecule has 0 fully saturated rings. The summed E-state index contributed by atoms with van der Waals surface area (Å²) in [6, 6.07) is 9.84. The topological polar surface area (TPSA) is 87.4 Å². The Morgan fingerprint density at radius 3 is 2.60 bits per heavy atom. The highest BCUT2D eigenvalue weighted by Gasteiger charge is 2.22. The molecule has 2 heterocycles. The summed E-state index contributed by atoms with van der Waals surface area (Å²) in [7, 11) is 4.82. The number of nitrogens with zero attached hydrogens (tertiary/aromatic N) is 4. The number of hydrogen-bond acceptors (Lipinski definition) is 8. The first kappa shape index (κ1) is 24.4. The predicted octanol–water partition coefficient (Wildman–Crippen LogP) is 5.02. The first-order chi connectivity index (χ1) is 17.0. The minimum atomic E-state index is 0.507. The van der Waals surface area contributed by atoms with Crippen LogP contribution in [0.4, 0.5) is 0 Å². The SMILES string of the molecule is CO/N=C(\C)c1cccc(CCCO/N=C2\CCCc3c2nc2cc(OC)c(OC)cc2c3C)n1. The van der Waals surface area contributed by atoms with Gasteiger partial charge in [0.05, 0.1) is 31.1 Å². The summed E-state index contributed by atoms with van der Waals surface area (Å²) in [6.07, 6.45) is 4.45. The molecule has 8 nitrogen and oxygen atoms in total. The second kappa shape index (κ2) is 11.2. The predicted molar refractivity (Wildman–Crippen MR) is 137 cm³/mol. The van der Waals surface area contributed by atoms with Crippen LogP contribution in [0.15, 0.2) is 40.6 Å². The number of fused-ring (bicyclic) bond motifs is 2. The van der Waals surface area contributed by atoms with E-state index >= 15 is 0 Å². The van der Waals surface area contributed by atoms with E-state index in [4.69, 9.17) is 24.1 Å². The smallest absolute Gasteiger partial charge is 0.162 e. The summed E-state index contributed by atoms with van der Waals surface area (Å²) in [5.41, 5.74) is 7.68. The van der Waals surface area contributed by atoms with Gasteiger partial charge >= 0.3 is 0 Å². The van der Waals surface area contributed by atoms with Crippen molar-refractivity contribution in [2.45, 2.75) is 46.0 Å². The summed E-state index contributed by atoms with van der Waals surface area (Å²) in [5, 5.41) is 9.52. The van der Waals surface area contributed by atoms with Crippen LogP contribution in [0.5, 0.6) is 11.5 Å². The molecule has 1 aliphatic rings. The third kappa shape index (κ3) is 5.37. The van der Waals surface area contributed by atoms with Crippen molar-refractivity contribution in [1.29, 1.82) is 0 Å². The molecule has 3 aromatic rings. The van der Waals surface area contributed by atoms with E-state index in [1.807, 2.05) is 37.3 Å². The molecule has 1 aromatic carbocycles. The van der Waals surface area contributed by atoms with Gasteiger partial charge in [0, 0.05) is 17.1 Å². The van der Waals surface area contributed by atoms with Crippen molar-refractivity contribution >= 4 is 22.3 Å². The monoisotopic (exact) mass is 476 g/mol. The van der Waals surface area contributed by atoms with Gasteiger partial charge in [0.25, 0.3) is 0 Å². The summed E-state index contributed by atoms with van der Waals surface area (Å²) in [5.74, 6) is 1.37. The highest BCUT2D eigenvalue weighted by molar-refractivity contribution is 6.03. The van der Waals surface area contributed by atoms with Crippen LogP contribution >= 0.6 is 0 Å². The number of methoxy groups -OCH3 is 2. The van der Waals surface area contributed by atoms with Gasteiger partial charge in [0.15, 0.2) is 11.5 Å². The van der Waals surface area contributed by atoms with Gasteiger partial charge in [-0.3, -0.25) is 4.98 Å². The van der Waals surface area contributed by atoms with Crippen molar-refractivity contribution in [1.82, 2.24) is 9.97 Å². The molecule has 0 spiro atoms. The molecule has 2 aromatic heterocycles. The molecule has 0 aliphatic heterocycles. The molecule has 0 N–H and O–H groups in total. The number of aromatic nitrogens is 2. The van der Waals surface area contributed by atoms with Crippen LogP contribution < -0.4 is 9.47 Å². The third-order valence-electron chi connectivity index (χ3n) is 6.24. The Morgan fingerprint density at radius 2 is 1.83 bits per heavy atom. The Kier molecular flexibility index (Phi) is 7.80. The van der Waals surface area contributed by atoms with Gasteiger partial charge in [0.1, 0.15) is 25.1 Å². The minimum Gasteiger partial charge on any atom is -0.493 e. The van der Waals surface area contributed by atoms with Crippen LogP contribution in [0.1, 0.15) is 54.4 Å². The Balaban J connectivity index is 1.47. The highest BCUT2D eigenvalue weighted by Crippen LogP contribution is 2.36. The molecule has 35 heavy (non-hydrogen) atoms. The van der Waals surface area contributed by atoms with Crippen molar-refractivity contribution in [3.8, 4) is 11.5 Å². The molecule has 184 valence electrons. The van der Waals surface area contributed by atoms with Crippen molar-refractivity contribution < 1.29 is 19.1 Å². The zero-order valence-corrected chi connectivity index (χ0v) is 21.1. The second-order valence-electron chi connectivity index (χ2n) is 8.49. The lowest BCUT2D eigenvalue weighted by molar-refractivity contribution is 0.141. The zero-order valence-electron chi connectivity index (χ0n) is 21.1. The van der Waals surface area contributed by atoms with E-state index in [1.54, 1.807) is 14.2 Å². The lowest BCUT2D eigenvalue weighted by Gasteiger charge is -2.21. The van der Waals surface area contributed by atoms with E-state index in [-0.39, 0.29) is 0 Å². The van der Waals surface area contributed by atoms with Gasteiger partial charge in [-0.05, 0) is 75.3 Å². The van der Waals surface area contributed by atoms with E-state index < -0.39 is 0 Å². The molecular formula is C27H32N4O4. The maximum absolute atomic E-state index is 5.73. The Labute approximate surface area is 206 Å². The minimum absolute atomic E-state index is 0.507. The average Bonchev–Trinajstić information content (AvgIpc) is 2.88. The van der Waals surface area contributed by atoms with Gasteiger partial charge in [-0.2, -0.15) is 0 Å². The lowest BCUT2D eigenvalue weighted by Crippen LogP contribution is -2.16. The van der Waals surface area contributed by atoms with E-state index in [1.165, 1.54) is 18.2 Å². The van der Waals surface area contributed by atoms with Crippen LogP contribution in [0.3, 0.4) is 0 Å². The van der Waals surface area contributed by atoms with Crippen molar-refractivity contribution in [3.63, 3.8) is 0 Å². The molecule has 0 atom stereocenters. The van der Waals surface area contributed by atoms with Gasteiger partial charge in [0.2, 0.25) is 0 Å². The van der Waals surface area contributed by atoms with Gasteiger partial charge < -0.3 is 19.1 Å². The van der Waals surface area contributed by atoms with Crippen LogP contribution in [0.25, 0.3) is 10.9 Å². The maximum Gasteiger partial charge on any atom is 0.162 e. The van der Waals surface area contributed by atoms with Crippen LogP contribution in [0.2, 0.25) is 0 Å². The molecule has 0 saturated carbocycles. The third-order valence-corrected chi connectivity index (χ3v) is 6.24. The van der Waals surface area contributed by atoms with Gasteiger partial charge in [-0.25, -0.2) is 4.98 Å². The average molecular weight is 477 g/mol. The number of hydrogen-bond donors (Lipinski definition) is 0. The second-order valence-corrected chi connectivity index (χ2v) is 8.49. The Hall–Kier alpha value is -3.68. The largest absolute Gasteiger partial charge is 0.493 e. The summed E-state index contributed by atoms with van der Waals surface area (Å²) >= 11 is 0. The fourth-order valence-electron chi connectivity index (χ4n) is 4.42. The zero-order chi connectivity index (χ0) is 24.8. The van der Waals surface area contributed by atoms with E-state index in [9.17, 15) is 0 Å². The molecule has 0 amide bonds. The van der Waals surface area contributed by atoms with E-state index in [2.05, 4.69) is 22.2 Å². The highest BCUT2D eigenvalue weighted by atomic mass is 16.6. The van der Waals surface area contributed by atoms with Crippen molar-refractivity contribution in [2.24, 2.45) is 10.3 Å². The lowest BCUT2D eigenvalue weighted by atomic mass is 9.89. The van der Waals surface area contributed by atoms with E-state index in [0.29, 0.717) is 18.1 Å². The van der Waals surface area contributed by atoms with Crippen molar-refractivity contribution in [3.05, 3.63) is 58.5 Å². The van der Waals surface area contributed by atoms with Crippen LogP contribution in [0, 0.1) is 6.92 Å². The Morgan fingerprint density at radius 1 is 1.03 bits per heavy atom. The Bertz CT molecular complexity index is 1270. The molecular weight excluding hydrogens is 444 g/mol. The number of ether oxygens (including phenoxy) is 2. The summed E-state index contributed by atoms with van der Waals surface area (Å²) < 4.78 is 11.0. The standard InChI is InChI=1S/C27H32N4O4/c1-17-20-11-7-13-23(27(20)29-24-16-26(33-4)25(32-3)15-21(17)24)31-35-14-8-10-19-9-6-12-22(28-19)18(2)30-34-5/h6,9,12,15-16H,7-8,10-11,13-14H2,1-5H3/b30-18+,31-23+. The van der Waals surface area contributed by atoms with Crippen molar-refractivity contribution in [2.75, 3.05) is 27.9 Å². The normalized spacial score (nSPS) is 14.7. The first-order valence-electron chi connectivity index (χ1n) is 11.8. The molecule has 8 heteroatoms. The van der Waals surface area contributed by atoms with Gasteiger partial charge in [-0.15, -0.1) is 0 Å².